The van der Waals surface area contributed by atoms with Gasteiger partial charge in [-0.1, -0.05) is 36.1 Å². The molecule has 1 aromatic heterocycles. The lowest BCUT2D eigenvalue weighted by atomic mass is 9.98. The molecule has 0 bridgehead atoms. The molecule has 2 nitrogen and oxygen atoms in total. The standard InChI is InChI=1S/C26H32O2S/c1-26(2,3)16-8-4-6-11-22(20-27)12-7-5-9-17-28-25-14-10-13-23(19-25)24-15-18-29-21-24/h4,6,10,12-15,18-19,21,27H,5,7,9,11,17,20H2,1-3H3. The van der Waals surface area contributed by atoms with Crippen molar-refractivity contribution < 1.29 is 9.84 Å². The molecule has 0 spiro atoms. The number of rotatable bonds is 10. The van der Waals surface area contributed by atoms with E-state index in [0.717, 1.165) is 37.0 Å². The highest BCUT2D eigenvalue weighted by atomic mass is 32.1. The molecule has 0 saturated heterocycles. The third-order valence-corrected chi connectivity index (χ3v) is 4.90. The van der Waals surface area contributed by atoms with Crippen LogP contribution in [0.2, 0.25) is 0 Å². The van der Waals surface area contributed by atoms with E-state index in [1.165, 1.54) is 11.1 Å². The topological polar surface area (TPSA) is 29.5 Å². The molecule has 29 heavy (non-hydrogen) atoms. The maximum atomic E-state index is 9.51. The van der Waals surface area contributed by atoms with Crippen LogP contribution in [-0.2, 0) is 0 Å². The Bertz CT molecular complexity index is 843. The van der Waals surface area contributed by atoms with Crippen LogP contribution in [-0.4, -0.2) is 18.3 Å². The minimum Gasteiger partial charge on any atom is -0.494 e. The van der Waals surface area contributed by atoms with E-state index < -0.39 is 0 Å². The first kappa shape index (κ1) is 23.0. The summed E-state index contributed by atoms with van der Waals surface area (Å²) in [6, 6.07) is 10.4. The molecule has 1 N–H and O–H groups in total. The first-order chi connectivity index (χ1) is 14.0. The number of benzene rings is 1. The summed E-state index contributed by atoms with van der Waals surface area (Å²) >= 11 is 1.70. The quantitative estimate of drug-likeness (QED) is 0.264. The zero-order chi connectivity index (χ0) is 21.0. The SMILES string of the molecule is CC(C)(C)C#CC=CCC(=CCCCCOc1cccc(-c2ccsc2)c1)CO. The maximum Gasteiger partial charge on any atom is 0.119 e. The molecule has 0 atom stereocenters. The molecule has 2 rings (SSSR count). The lowest BCUT2D eigenvalue weighted by molar-refractivity contribution is 0.307. The van der Waals surface area contributed by atoms with Crippen LogP contribution in [0.25, 0.3) is 11.1 Å². The lowest BCUT2D eigenvalue weighted by Crippen LogP contribution is -1.98. The van der Waals surface area contributed by atoms with Crippen LogP contribution in [0.15, 0.2) is 64.9 Å². The summed E-state index contributed by atoms with van der Waals surface area (Å²) in [5.41, 5.74) is 3.50. The van der Waals surface area contributed by atoms with Crippen LogP contribution in [0, 0.1) is 17.3 Å². The third kappa shape index (κ3) is 9.65. The molecule has 1 aromatic carbocycles. The lowest BCUT2D eigenvalue weighted by Gasteiger charge is -2.07. The van der Waals surface area contributed by atoms with Crippen molar-refractivity contribution >= 4 is 11.3 Å². The zero-order valence-electron chi connectivity index (χ0n) is 17.8. The Morgan fingerprint density at radius 1 is 1.17 bits per heavy atom. The molecule has 0 radical (unpaired) electrons. The second-order valence-electron chi connectivity index (χ2n) is 8.03. The second-order valence-corrected chi connectivity index (χ2v) is 8.81. The van der Waals surface area contributed by atoms with Crippen molar-refractivity contribution in [1.82, 2.24) is 0 Å². The highest BCUT2D eigenvalue weighted by Crippen LogP contribution is 2.25. The van der Waals surface area contributed by atoms with E-state index in [2.05, 4.69) is 67.6 Å². The van der Waals surface area contributed by atoms with Gasteiger partial charge in [-0.2, -0.15) is 11.3 Å². The van der Waals surface area contributed by atoms with Gasteiger partial charge >= 0.3 is 0 Å². The number of hydrogen-bond donors (Lipinski definition) is 1. The summed E-state index contributed by atoms with van der Waals surface area (Å²) in [6.45, 7) is 7.09. The van der Waals surface area contributed by atoms with E-state index in [1.807, 2.05) is 24.3 Å². The molecule has 0 saturated carbocycles. The fourth-order valence-electron chi connectivity index (χ4n) is 2.68. The van der Waals surface area contributed by atoms with Crippen molar-refractivity contribution in [2.75, 3.05) is 13.2 Å². The molecule has 0 aliphatic heterocycles. The predicted molar refractivity (Wildman–Crippen MR) is 125 cm³/mol. The van der Waals surface area contributed by atoms with Crippen LogP contribution in [0.1, 0.15) is 46.5 Å². The van der Waals surface area contributed by atoms with Crippen LogP contribution >= 0.6 is 11.3 Å². The molecule has 0 fully saturated rings. The Kier molecular flexibility index (Phi) is 9.77. The smallest absolute Gasteiger partial charge is 0.119 e. The number of hydrogen-bond acceptors (Lipinski definition) is 3. The number of aliphatic hydroxyl groups is 1. The molecular weight excluding hydrogens is 376 g/mol. The Morgan fingerprint density at radius 2 is 2.03 bits per heavy atom. The molecular formula is C26H32O2S. The van der Waals surface area contributed by atoms with E-state index in [4.69, 9.17) is 4.74 Å². The van der Waals surface area contributed by atoms with Gasteiger partial charge in [0, 0.05) is 5.41 Å². The highest BCUT2D eigenvalue weighted by Gasteiger charge is 2.02. The van der Waals surface area contributed by atoms with Gasteiger partial charge in [0.1, 0.15) is 5.75 Å². The minimum absolute atomic E-state index is 0.0211. The summed E-state index contributed by atoms with van der Waals surface area (Å²) in [5.74, 6) is 7.15. The maximum absolute atomic E-state index is 9.51. The van der Waals surface area contributed by atoms with Crippen LogP contribution in [0.5, 0.6) is 5.75 Å². The third-order valence-electron chi connectivity index (χ3n) is 4.22. The molecule has 154 valence electrons. The Labute approximate surface area is 179 Å². The van der Waals surface area contributed by atoms with Gasteiger partial charge in [-0.25, -0.2) is 0 Å². The fourth-order valence-corrected chi connectivity index (χ4v) is 3.34. The molecule has 2 aromatic rings. The number of unbranched alkanes of at least 4 members (excludes halogenated alkanes) is 2. The van der Waals surface area contributed by atoms with Crippen LogP contribution in [0.3, 0.4) is 0 Å². The Morgan fingerprint density at radius 3 is 2.76 bits per heavy atom. The number of ether oxygens (including phenoxy) is 1. The summed E-state index contributed by atoms with van der Waals surface area (Å²) in [7, 11) is 0. The van der Waals surface area contributed by atoms with Gasteiger partial charge in [-0.3, -0.25) is 0 Å². The van der Waals surface area contributed by atoms with Gasteiger partial charge < -0.3 is 9.84 Å². The van der Waals surface area contributed by atoms with Crippen molar-refractivity contribution in [3.05, 3.63) is 64.9 Å². The van der Waals surface area contributed by atoms with Gasteiger partial charge in [0.2, 0.25) is 0 Å². The first-order valence-corrected chi connectivity index (χ1v) is 11.1. The Hall–Kier alpha value is -2.28. The van der Waals surface area contributed by atoms with Crippen molar-refractivity contribution in [2.45, 2.75) is 46.5 Å². The molecule has 0 aliphatic rings. The summed E-state index contributed by atoms with van der Waals surface area (Å²) in [5, 5.41) is 13.7. The van der Waals surface area contributed by atoms with Crippen molar-refractivity contribution in [1.29, 1.82) is 0 Å². The predicted octanol–water partition coefficient (Wildman–Crippen LogP) is 6.88. The van der Waals surface area contributed by atoms with E-state index in [-0.39, 0.29) is 12.0 Å². The van der Waals surface area contributed by atoms with Crippen molar-refractivity contribution in [3.63, 3.8) is 0 Å². The van der Waals surface area contributed by atoms with Crippen LogP contribution in [0.4, 0.5) is 0 Å². The molecule has 0 aliphatic carbocycles. The summed E-state index contributed by atoms with van der Waals surface area (Å²) < 4.78 is 5.90. The number of aliphatic hydroxyl groups excluding tert-OH is 1. The molecule has 1 heterocycles. The Balaban J connectivity index is 1.68. The average Bonchev–Trinajstić information content (AvgIpc) is 3.23. The second kappa shape index (κ2) is 12.3. The van der Waals surface area contributed by atoms with Crippen LogP contribution < -0.4 is 4.74 Å². The normalized spacial score (nSPS) is 12.1. The van der Waals surface area contributed by atoms with E-state index in [9.17, 15) is 5.11 Å². The average molecular weight is 409 g/mol. The van der Waals surface area contributed by atoms with E-state index in [1.54, 1.807) is 11.3 Å². The van der Waals surface area contributed by atoms with Gasteiger partial charge in [0.15, 0.2) is 0 Å². The summed E-state index contributed by atoms with van der Waals surface area (Å²) in [4.78, 5) is 0. The fraction of sp³-hybridized carbons (Fsp3) is 0.385. The van der Waals surface area contributed by atoms with Gasteiger partial charge in [-0.05, 0) is 98.2 Å². The highest BCUT2D eigenvalue weighted by molar-refractivity contribution is 7.08. The van der Waals surface area contributed by atoms with E-state index >= 15 is 0 Å². The number of allylic oxidation sites excluding steroid dienone is 3. The molecule has 0 unspecified atom stereocenters. The van der Waals surface area contributed by atoms with E-state index in [0.29, 0.717) is 6.61 Å². The van der Waals surface area contributed by atoms with Crippen molar-refractivity contribution in [2.24, 2.45) is 5.41 Å². The zero-order valence-corrected chi connectivity index (χ0v) is 18.6. The molecule has 0 amide bonds. The number of thiophene rings is 1. The van der Waals surface area contributed by atoms with Gasteiger partial charge in [-0.15, -0.1) is 0 Å². The molecule has 3 heteroatoms. The minimum atomic E-state index is 0.0211. The van der Waals surface area contributed by atoms with Crippen molar-refractivity contribution in [3.8, 4) is 28.7 Å². The monoisotopic (exact) mass is 408 g/mol. The largest absolute Gasteiger partial charge is 0.494 e. The summed E-state index contributed by atoms with van der Waals surface area (Å²) in [6.07, 6.45) is 9.78. The first-order valence-electron chi connectivity index (χ1n) is 10.2. The van der Waals surface area contributed by atoms with Gasteiger partial charge in [0.25, 0.3) is 0 Å². The van der Waals surface area contributed by atoms with Gasteiger partial charge in [0.05, 0.1) is 13.2 Å².